The zero-order valence-electron chi connectivity index (χ0n) is 10.1. The van der Waals surface area contributed by atoms with Crippen LogP contribution in [0.4, 0.5) is 0 Å². The van der Waals surface area contributed by atoms with Gasteiger partial charge in [0, 0.05) is 12.6 Å². The summed E-state index contributed by atoms with van der Waals surface area (Å²) < 4.78 is 0. The van der Waals surface area contributed by atoms with Crippen LogP contribution in [0.1, 0.15) is 47.5 Å². The van der Waals surface area contributed by atoms with E-state index in [1.807, 2.05) is 20.8 Å². The number of nitrogens with one attached hydrogen (secondary N) is 1. The van der Waals surface area contributed by atoms with Crippen LogP contribution in [0.2, 0.25) is 0 Å². The van der Waals surface area contributed by atoms with Gasteiger partial charge in [-0.3, -0.25) is 0 Å². The van der Waals surface area contributed by atoms with E-state index in [9.17, 15) is 10.2 Å². The van der Waals surface area contributed by atoms with Gasteiger partial charge in [0.2, 0.25) is 0 Å². The Morgan fingerprint density at radius 3 is 2.07 bits per heavy atom. The fourth-order valence-corrected chi connectivity index (χ4v) is 1.25. The van der Waals surface area contributed by atoms with Crippen LogP contribution in [0.3, 0.4) is 0 Å². The van der Waals surface area contributed by atoms with Gasteiger partial charge in [0.05, 0.1) is 11.2 Å². The summed E-state index contributed by atoms with van der Waals surface area (Å²) in [5.41, 5.74) is -1.42. The molecule has 0 aromatic rings. The van der Waals surface area contributed by atoms with Crippen molar-refractivity contribution < 1.29 is 10.2 Å². The largest absolute Gasteiger partial charge is 0.389 e. The highest BCUT2D eigenvalue weighted by molar-refractivity contribution is 4.83. The topological polar surface area (TPSA) is 52.5 Å². The molecule has 3 heteroatoms. The van der Waals surface area contributed by atoms with Crippen molar-refractivity contribution in [1.29, 1.82) is 0 Å². The summed E-state index contributed by atoms with van der Waals surface area (Å²) in [5.74, 6) is 0. The van der Waals surface area contributed by atoms with Crippen LogP contribution >= 0.6 is 0 Å². The van der Waals surface area contributed by atoms with E-state index in [-0.39, 0.29) is 6.04 Å². The van der Waals surface area contributed by atoms with Crippen molar-refractivity contribution in [2.75, 3.05) is 6.54 Å². The molecule has 0 heterocycles. The Bertz CT molecular complexity index is 161. The van der Waals surface area contributed by atoms with Crippen LogP contribution in [0.15, 0.2) is 0 Å². The lowest BCUT2D eigenvalue weighted by Gasteiger charge is -2.31. The summed E-state index contributed by atoms with van der Waals surface area (Å²) in [6, 6.07) is -0.0224. The van der Waals surface area contributed by atoms with Crippen LogP contribution in [-0.4, -0.2) is 34.0 Å². The van der Waals surface area contributed by atoms with Gasteiger partial charge in [-0.25, -0.2) is 0 Å². The molecule has 0 spiro atoms. The van der Waals surface area contributed by atoms with Crippen molar-refractivity contribution in [1.82, 2.24) is 5.32 Å². The van der Waals surface area contributed by atoms with E-state index >= 15 is 0 Å². The molecule has 0 saturated heterocycles. The Hall–Kier alpha value is -0.120. The van der Waals surface area contributed by atoms with Gasteiger partial charge in [0.25, 0.3) is 0 Å². The monoisotopic (exact) mass is 203 g/mol. The van der Waals surface area contributed by atoms with Crippen LogP contribution in [0.25, 0.3) is 0 Å². The van der Waals surface area contributed by atoms with Crippen LogP contribution in [0, 0.1) is 0 Å². The molecular formula is C11H25NO2. The van der Waals surface area contributed by atoms with Crippen molar-refractivity contribution in [3.63, 3.8) is 0 Å². The molecule has 0 aliphatic carbocycles. The third-order valence-electron chi connectivity index (χ3n) is 2.64. The normalized spacial score (nSPS) is 19.1. The zero-order chi connectivity index (χ0) is 11.4. The Morgan fingerprint density at radius 2 is 1.71 bits per heavy atom. The summed E-state index contributed by atoms with van der Waals surface area (Å²) in [6.45, 7) is 9.83. The lowest BCUT2D eigenvalue weighted by Crippen LogP contribution is -2.49. The molecule has 0 amide bonds. The van der Waals surface area contributed by atoms with E-state index < -0.39 is 11.2 Å². The molecule has 0 fully saturated rings. The van der Waals surface area contributed by atoms with Gasteiger partial charge >= 0.3 is 0 Å². The highest BCUT2D eigenvalue weighted by atomic mass is 16.3. The van der Waals surface area contributed by atoms with Gasteiger partial charge < -0.3 is 15.5 Å². The Balaban J connectivity index is 3.93. The summed E-state index contributed by atoms with van der Waals surface area (Å²) in [5, 5.41) is 22.7. The molecular weight excluding hydrogens is 178 g/mol. The third-order valence-corrected chi connectivity index (χ3v) is 2.64. The van der Waals surface area contributed by atoms with E-state index in [2.05, 4.69) is 5.32 Å². The van der Waals surface area contributed by atoms with Crippen LogP contribution in [0.5, 0.6) is 0 Å². The predicted octanol–water partition coefficient (Wildman–Crippen LogP) is 1.29. The van der Waals surface area contributed by atoms with Gasteiger partial charge in [0.1, 0.15) is 0 Å². The molecule has 2 unspecified atom stereocenters. The van der Waals surface area contributed by atoms with E-state index in [0.29, 0.717) is 6.54 Å². The summed E-state index contributed by atoms with van der Waals surface area (Å²) in [7, 11) is 0. The smallest absolute Gasteiger partial charge is 0.0743 e. The fraction of sp³-hybridized carbons (Fsp3) is 1.00. The lowest BCUT2D eigenvalue weighted by molar-refractivity contribution is 0.0154. The molecule has 0 aromatic heterocycles. The molecule has 2 atom stereocenters. The van der Waals surface area contributed by atoms with E-state index in [1.165, 1.54) is 0 Å². The van der Waals surface area contributed by atoms with Gasteiger partial charge in [0.15, 0.2) is 0 Å². The number of rotatable bonds is 6. The second-order valence-corrected chi connectivity index (χ2v) is 5.00. The summed E-state index contributed by atoms with van der Waals surface area (Å²) in [6.07, 6.45) is 1.74. The highest BCUT2D eigenvalue weighted by Gasteiger charge is 2.25. The van der Waals surface area contributed by atoms with E-state index in [4.69, 9.17) is 0 Å². The summed E-state index contributed by atoms with van der Waals surface area (Å²) in [4.78, 5) is 0. The van der Waals surface area contributed by atoms with Gasteiger partial charge in [-0.15, -0.1) is 0 Å². The molecule has 3 nitrogen and oxygen atoms in total. The first-order valence-corrected chi connectivity index (χ1v) is 5.37. The first-order valence-electron chi connectivity index (χ1n) is 5.37. The standard InChI is InChI=1S/C11H25NO2/c1-6-7-11(5,14)8-12-9(2)10(3,4)13/h9,12-14H,6-8H2,1-5H3. The second kappa shape index (κ2) is 5.10. The molecule has 0 radical (unpaired) electrons. The first kappa shape index (κ1) is 13.9. The first-order chi connectivity index (χ1) is 6.19. The second-order valence-electron chi connectivity index (χ2n) is 5.00. The minimum Gasteiger partial charge on any atom is -0.389 e. The highest BCUT2D eigenvalue weighted by Crippen LogP contribution is 2.13. The lowest BCUT2D eigenvalue weighted by atomic mass is 9.97. The SMILES string of the molecule is CCCC(C)(O)CNC(C)C(C)(C)O. The molecule has 14 heavy (non-hydrogen) atoms. The third kappa shape index (κ3) is 5.58. The van der Waals surface area contributed by atoms with Gasteiger partial charge in [-0.2, -0.15) is 0 Å². The van der Waals surface area contributed by atoms with Crippen molar-refractivity contribution in [3.05, 3.63) is 0 Å². The van der Waals surface area contributed by atoms with Crippen LogP contribution < -0.4 is 5.32 Å². The maximum absolute atomic E-state index is 9.88. The molecule has 0 aromatic carbocycles. The molecule has 0 aliphatic heterocycles. The average Bonchev–Trinajstić information content (AvgIpc) is 1.98. The number of aliphatic hydroxyl groups is 2. The van der Waals surface area contributed by atoms with Crippen molar-refractivity contribution >= 4 is 0 Å². The molecule has 0 aliphatic rings. The van der Waals surface area contributed by atoms with Crippen molar-refractivity contribution in [3.8, 4) is 0 Å². The predicted molar refractivity (Wildman–Crippen MR) is 59.3 cm³/mol. The van der Waals surface area contributed by atoms with E-state index in [0.717, 1.165) is 12.8 Å². The Morgan fingerprint density at radius 1 is 1.21 bits per heavy atom. The fourth-order valence-electron chi connectivity index (χ4n) is 1.25. The Kier molecular flexibility index (Phi) is 5.06. The van der Waals surface area contributed by atoms with Crippen molar-refractivity contribution in [2.24, 2.45) is 0 Å². The quantitative estimate of drug-likeness (QED) is 0.609. The molecule has 3 N–H and O–H groups in total. The number of hydrogen-bond donors (Lipinski definition) is 3. The maximum Gasteiger partial charge on any atom is 0.0743 e. The molecule has 0 bridgehead atoms. The molecule has 86 valence electrons. The zero-order valence-corrected chi connectivity index (χ0v) is 10.1. The minimum absolute atomic E-state index is 0.0224. The van der Waals surface area contributed by atoms with Crippen LogP contribution in [-0.2, 0) is 0 Å². The Labute approximate surface area is 87.5 Å². The van der Waals surface area contributed by atoms with Gasteiger partial charge in [-0.1, -0.05) is 13.3 Å². The summed E-state index contributed by atoms with van der Waals surface area (Å²) >= 11 is 0. The average molecular weight is 203 g/mol. The van der Waals surface area contributed by atoms with E-state index in [1.54, 1.807) is 13.8 Å². The maximum atomic E-state index is 9.88. The minimum atomic E-state index is -0.748. The van der Waals surface area contributed by atoms with Crippen molar-refractivity contribution in [2.45, 2.75) is 64.7 Å². The molecule has 0 saturated carbocycles. The van der Waals surface area contributed by atoms with Gasteiger partial charge in [-0.05, 0) is 34.1 Å². The number of hydrogen-bond acceptors (Lipinski definition) is 3. The molecule has 0 rings (SSSR count).